The molecule has 0 bridgehead atoms. The van der Waals surface area contributed by atoms with Crippen LogP contribution in [0.4, 0.5) is 0 Å². The quantitative estimate of drug-likeness (QED) is 0.497. The molecule has 2 unspecified atom stereocenters. The van der Waals surface area contributed by atoms with Crippen LogP contribution in [-0.2, 0) is 0 Å². The number of hydrogen-bond donors (Lipinski definition) is 1. The number of nitrogens with zero attached hydrogens (tertiary/aromatic N) is 1. The third kappa shape index (κ3) is 1.84. The standard InChI is InChI=1S/C14H13NO2/c16-15-14(13-7-4-8-17-13)12-9-11(12)10-5-2-1-3-6-10/h1-8,11-12,16H,9H2/b15-14-. The molecule has 17 heavy (non-hydrogen) atoms. The summed E-state index contributed by atoms with van der Waals surface area (Å²) >= 11 is 0. The Bertz CT molecular complexity index is 516. The van der Waals surface area contributed by atoms with E-state index in [0.717, 1.165) is 6.42 Å². The first kappa shape index (κ1) is 10.1. The van der Waals surface area contributed by atoms with Gasteiger partial charge in [0.25, 0.3) is 0 Å². The van der Waals surface area contributed by atoms with Crippen molar-refractivity contribution in [2.75, 3.05) is 0 Å². The Morgan fingerprint density at radius 1 is 1.18 bits per heavy atom. The summed E-state index contributed by atoms with van der Waals surface area (Å²) in [5, 5.41) is 12.5. The first-order chi connectivity index (χ1) is 8.40. The van der Waals surface area contributed by atoms with E-state index < -0.39 is 0 Å². The molecule has 1 aromatic carbocycles. The van der Waals surface area contributed by atoms with Crippen LogP contribution in [0, 0.1) is 5.92 Å². The van der Waals surface area contributed by atoms with Crippen molar-refractivity contribution >= 4 is 5.71 Å². The summed E-state index contributed by atoms with van der Waals surface area (Å²) in [5.41, 5.74) is 1.95. The molecule has 0 spiro atoms. The normalized spacial score (nSPS) is 23.6. The number of oxime groups is 1. The molecular formula is C14H13NO2. The molecule has 2 atom stereocenters. The molecule has 3 heteroatoms. The van der Waals surface area contributed by atoms with E-state index in [1.165, 1.54) is 5.56 Å². The fraction of sp³-hybridized carbons (Fsp3) is 0.214. The minimum absolute atomic E-state index is 0.272. The van der Waals surface area contributed by atoms with Crippen molar-refractivity contribution in [2.45, 2.75) is 12.3 Å². The molecule has 1 aromatic heterocycles. The van der Waals surface area contributed by atoms with E-state index in [4.69, 9.17) is 9.62 Å². The third-order valence-electron chi connectivity index (χ3n) is 3.25. The number of hydrogen-bond acceptors (Lipinski definition) is 3. The van der Waals surface area contributed by atoms with Gasteiger partial charge in [-0.1, -0.05) is 35.5 Å². The smallest absolute Gasteiger partial charge is 0.151 e. The zero-order valence-corrected chi connectivity index (χ0v) is 9.28. The molecule has 0 radical (unpaired) electrons. The topological polar surface area (TPSA) is 45.7 Å². The van der Waals surface area contributed by atoms with Crippen molar-refractivity contribution < 1.29 is 9.62 Å². The Labute approximate surface area is 99.4 Å². The van der Waals surface area contributed by atoms with E-state index in [1.54, 1.807) is 12.3 Å². The van der Waals surface area contributed by atoms with E-state index in [-0.39, 0.29) is 5.92 Å². The second-order valence-corrected chi connectivity index (χ2v) is 4.32. The van der Waals surface area contributed by atoms with E-state index in [1.807, 2.05) is 24.3 Å². The maximum atomic E-state index is 9.10. The number of benzene rings is 1. The van der Waals surface area contributed by atoms with Crippen LogP contribution in [0.2, 0.25) is 0 Å². The van der Waals surface area contributed by atoms with Gasteiger partial charge < -0.3 is 9.62 Å². The summed E-state index contributed by atoms with van der Waals surface area (Å²) in [7, 11) is 0. The van der Waals surface area contributed by atoms with Crippen molar-refractivity contribution in [3.8, 4) is 0 Å². The molecule has 0 saturated heterocycles. The lowest BCUT2D eigenvalue weighted by Gasteiger charge is -2.01. The lowest BCUT2D eigenvalue weighted by molar-refractivity contribution is 0.316. The molecule has 3 rings (SSSR count). The van der Waals surface area contributed by atoms with Crippen LogP contribution < -0.4 is 0 Å². The van der Waals surface area contributed by atoms with Gasteiger partial charge in [0.05, 0.1) is 6.26 Å². The molecule has 1 aliphatic rings. The molecule has 86 valence electrons. The molecule has 2 aromatic rings. The predicted octanol–water partition coefficient (Wildman–Crippen LogP) is 3.26. The summed E-state index contributed by atoms with van der Waals surface area (Å²) in [6.45, 7) is 0. The van der Waals surface area contributed by atoms with Crippen LogP contribution >= 0.6 is 0 Å². The van der Waals surface area contributed by atoms with Gasteiger partial charge in [-0.25, -0.2) is 0 Å². The van der Waals surface area contributed by atoms with Gasteiger partial charge >= 0.3 is 0 Å². The van der Waals surface area contributed by atoms with Crippen molar-refractivity contribution in [1.29, 1.82) is 0 Å². The highest BCUT2D eigenvalue weighted by Gasteiger charge is 2.43. The van der Waals surface area contributed by atoms with Crippen LogP contribution in [0.25, 0.3) is 0 Å². The summed E-state index contributed by atoms with van der Waals surface area (Å²) < 4.78 is 5.28. The SMILES string of the molecule is O/N=C(\c1ccco1)C1CC1c1ccccc1. The Morgan fingerprint density at radius 2 is 2.00 bits per heavy atom. The van der Waals surface area contributed by atoms with E-state index in [2.05, 4.69) is 17.3 Å². The largest absolute Gasteiger partial charge is 0.463 e. The molecule has 0 aliphatic heterocycles. The highest BCUT2D eigenvalue weighted by molar-refractivity contribution is 6.02. The molecule has 1 heterocycles. The van der Waals surface area contributed by atoms with Crippen molar-refractivity contribution in [2.24, 2.45) is 11.1 Å². The monoisotopic (exact) mass is 227 g/mol. The zero-order valence-electron chi connectivity index (χ0n) is 9.28. The van der Waals surface area contributed by atoms with Crippen molar-refractivity contribution in [3.05, 3.63) is 60.1 Å². The average molecular weight is 227 g/mol. The zero-order chi connectivity index (χ0) is 11.7. The summed E-state index contributed by atoms with van der Waals surface area (Å²) in [6, 6.07) is 13.9. The van der Waals surface area contributed by atoms with Crippen LogP contribution in [0.5, 0.6) is 0 Å². The Hall–Kier alpha value is -2.03. The van der Waals surface area contributed by atoms with Gasteiger partial charge in [0.1, 0.15) is 5.71 Å². The lowest BCUT2D eigenvalue weighted by Crippen LogP contribution is -2.03. The fourth-order valence-electron chi connectivity index (χ4n) is 2.30. The maximum Gasteiger partial charge on any atom is 0.151 e. The summed E-state index contributed by atoms with van der Waals surface area (Å²) in [6.07, 6.45) is 2.62. The van der Waals surface area contributed by atoms with E-state index in [0.29, 0.717) is 17.4 Å². The van der Waals surface area contributed by atoms with Crippen molar-refractivity contribution in [1.82, 2.24) is 0 Å². The Balaban J connectivity index is 1.81. The van der Waals surface area contributed by atoms with Gasteiger partial charge in [-0.15, -0.1) is 0 Å². The second-order valence-electron chi connectivity index (χ2n) is 4.32. The average Bonchev–Trinajstić information content (AvgIpc) is 2.97. The highest BCUT2D eigenvalue weighted by atomic mass is 16.4. The van der Waals surface area contributed by atoms with Crippen LogP contribution in [-0.4, -0.2) is 10.9 Å². The van der Waals surface area contributed by atoms with E-state index >= 15 is 0 Å². The van der Waals surface area contributed by atoms with E-state index in [9.17, 15) is 0 Å². The molecule has 1 fully saturated rings. The van der Waals surface area contributed by atoms with Crippen LogP contribution in [0.3, 0.4) is 0 Å². The number of rotatable bonds is 3. The molecule has 1 saturated carbocycles. The Kier molecular flexibility index (Phi) is 2.44. The van der Waals surface area contributed by atoms with Gasteiger partial charge in [0, 0.05) is 5.92 Å². The number of furan rings is 1. The first-order valence-electron chi connectivity index (χ1n) is 5.71. The fourth-order valence-corrected chi connectivity index (χ4v) is 2.30. The van der Waals surface area contributed by atoms with Gasteiger partial charge in [-0.2, -0.15) is 0 Å². The third-order valence-corrected chi connectivity index (χ3v) is 3.25. The van der Waals surface area contributed by atoms with Crippen molar-refractivity contribution in [3.63, 3.8) is 0 Å². The molecule has 3 nitrogen and oxygen atoms in total. The Morgan fingerprint density at radius 3 is 2.65 bits per heavy atom. The molecular weight excluding hydrogens is 214 g/mol. The lowest BCUT2D eigenvalue weighted by atomic mass is 10.1. The first-order valence-corrected chi connectivity index (χ1v) is 5.71. The maximum absolute atomic E-state index is 9.10. The predicted molar refractivity (Wildman–Crippen MR) is 64.3 cm³/mol. The van der Waals surface area contributed by atoms with Crippen LogP contribution in [0.15, 0.2) is 58.3 Å². The van der Waals surface area contributed by atoms with Gasteiger partial charge in [0.2, 0.25) is 0 Å². The van der Waals surface area contributed by atoms with Gasteiger partial charge in [-0.3, -0.25) is 0 Å². The molecule has 1 aliphatic carbocycles. The summed E-state index contributed by atoms with van der Waals surface area (Å²) in [5.74, 6) is 1.39. The molecule has 0 amide bonds. The van der Waals surface area contributed by atoms with Crippen LogP contribution in [0.1, 0.15) is 23.7 Å². The second kappa shape index (κ2) is 4.09. The van der Waals surface area contributed by atoms with Gasteiger partial charge in [0.15, 0.2) is 5.76 Å². The molecule has 1 N–H and O–H groups in total. The minimum atomic E-state index is 0.272. The summed E-state index contributed by atoms with van der Waals surface area (Å²) in [4.78, 5) is 0. The minimum Gasteiger partial charge on any atom is -0.463 e. The van der Waals surface area contributed by atoms with Gasteiger partial charge in [-0.05, 0) is 30.0 Å². The highest BCUT2D eigenvalue weighted by Crippen LogP contribution is 2.49.